The van der Waals surface area contributed by atoms with Gasteiger partial charge in [0.1, 0.15) is 5.01 Å². The van der Waals surface area contributed by atoms with E-state index in [0.717, 1.165) is 20.8 Å². The second-order valence-corrected chi connectivity index (χ2v) is 7.40. The number of hydrogen-bond donors (Lipinski definition) is 0. The molecule has 4 heteroatoms. The minimum atomic E-state index is 0.928. The first-order chi connectivity index (χ1) is 6.81. The van der Waals surface area contributed by atoms with E-state index in [4.69, 9.17) is 0 Å². The van der Waals surface area contributed by atoms with E-state index in [0.29, 0.717) is 0 Å². The van der Waals surface area contributed by atoms with Gasteiger partial charge in [-0.3, -0.25) is 0 Å². The molecule has 3 rings (SSSR count). The van der Waals surface area contributed by atoms with Gasteiger partial charge in [0, 0.05) is 6.42 Å². The molecule has 3 atom stereocenters. The molecule has 14 heavy (non-hydrogen) atoms. The number of rotatable bonds is 2. The van der Waals surface area contributed by atoms with E-state index in [9.17, 15) is 0 Å². The zero-order chi connectivity index (χ0) is 9.54. The first kappa shape index (κ1) is 9.51. The topological polar surface area (TPSA) is 25.8 Å². The number of hydrogen-bond acceptors (Lipinski definition) is 3. The Bertz CT molecular complexity index is 339. The summed E-state index contributed by atoms with van der Waals surface area (Å²) >= 11 is 4.02. The molecule has 0 radical (unpaired) electrons. The fourth-order valence-electron chi connectivity index (χ4n) is 3.17. The summed E-state index contributed by atoms with van der Waals surface area (Å²) in [5.74, 6) is 3.00. The maximum absolute atomic E-state index is 4.22. The van der Waals surface area contributed by atoms with Gasteiger partial charge in [-0.15, -0.1) is 10.2 Å². The smallest absolute Gasteiger partial charge is 0.143 e. The molecule has 2 nitrogen and oxygen atoms in total. The maximum atomic E-state index is 4.22. The second kappa shape index (κ2) is 3.70. The molecule has 1 aromatic heterocycles. The first-order valence-electron chi connectivity index (χ1n) is 5.29. The fraction of sp³-hybridized carbons (Fsp3) is 0.800. The molecule has 0 aromatic carbocycles. The molecule has 2 fully saturated rings. The normalized spacial score (nSPS) is 35.4. The van der Waals surface area contributed by atoms with Crippen molar-refractivity contribution in [1.82, 2.24) is 10.2 Å². The Labute approximate surface area is 102 Å². The van der Waals surface area contributed by atoms with Crippen molar-refractivity contribution in [2.75, 3.05) is 0 Å². The zero-order valence-electron chi connectivity index (χ0n) is 7.95. The summed E-state index contributed by atoms with van der Waals surface area (Å²) < 4.78 is 1.08. The Morgan fingerprint density at radius 3 is 2.79 bits per heavy atom. The molecule has 2 bridgehead atoms. The van der Waals surface area contributed by atoms with Gasteiger partial charge in [0.25, 0.3) is 0 Å². The van der Waals surface area contributed by atoms with Crippen molar-refractivity contribution < 1.29 is 0 Å². The Hall–Kier alpha value is 0.290. The average Bonchev–Trinajstić information content (AvgIpc) is 2.82. The molecular weight excluding hydrogens is 307 g/mol. The van der Waals surface area contributed by atoms with Crippen LogP contribution < -0.4 is 0 Å². The summed E-state index contributed by atoms with van der Waals surface area (Å²) in [6.07, 6.45) is 7.13. The lowest BCUT2D eigenvalue weighted by molar-refractivity contribution is 0.331. The summed E-state index contributed by atoms with van der Waals surface area (Å²) in [4.78, 5) is 0. The van der Waals surface area contributed by atoms with Crippen LogP contribution in [0, 0.1) is 20.8 Å². The molecule has 1 heterocycles. The third-order valence-corrected chi connectivity index (χ3v) is 5.37. The van der Waals surface area contributed by atoms with Crippen LogP contribution in [0.5, 0.6) is 0 Å². The molecule has 0 aliphatic heterocycles. The Morgan fingerprint density at radius 2 is 2.21 bits per heavy atom. The van der Waals surface area contributed by atoms with Crippen LogP contribution in [0.3, 0.4) is 0 Å². The van der Waals surface area contributed by atoms with Crippen molar-refractivity contribution in [3.8, 4) is 0 Å². The van der Waals surface area contributed by atoms with Crippen LogP contribution >= 0.6 is 33.9 Å². The second-order valence-electron chi connectivity index (χ2n) is 4.59. The molecule has 2 aliphatic rings. The third-order valence-electron chi connectivity index (χ3n) is 3.76. The van der Waals surface area contributed by atoms with Gasteiger partial charge in [-0.2, -0.15) is 0 Å². The number of aromatic nitrogens is 2. The molecule has 0 saturated heterocycles. The van der Waals surface area contributed by atoms with E-state index in [1.807, 2.05) is 0 Å². The molecular formula is C10H13IN2S. The minimum absolute atomic E-state index is 0.928. The predicted molar refractivity (Wildman–Crippen MR) is 65.3 cm³/mol. The largest absolute Gasteiger partial charge is 0.178 e. The summed E-state index contributed by atoms with van der Waals surface area (Å²) in [5, 5.41) is 9.56. The SMILES string of the molecule is Ic1nnc(CC2CC3CCC2C3)s1. The van der Waals surface area contributed by atoms with Crippen molar-refractivity contribution >= 4 is 33.9 Å². The van der Waals surface area contributed by atoms with E-state index in [-0.39, 0.29) is 0 Å². The summed E-state index contributed by atoms with van der Waals surface area (Å²) in [6, 6.07) is 0. The van der Waals surface area contributed by atoms with Gasteiger partial charge in [0.05, 0.1) is 0 Å². The Morgan fingerprint density at radius 1 is 1.29 bits per heavy atom. The Kier molecular flexibility index (Phi) is 2.51. The van der Waals surface area contributed by atoms with Crippen molar-refractivity contribution in [3.63, 3.8) is 0 Å². The highest BCUT2D eigenvalue weighted by Crippen LogP contribution is 2.49. The van der Waals surface area contributed by atoms with Crippen molar-refractivity contribution in [2.24, 2.45) is 17.8 Å². The quantitative estimate of drug-likeness (QED) is 0.783. The molecule has 2 saturated carbocycles. The van der Waals surface area contributed by atoms with Crippen molar-refractivity contribution in [1.29, 1.82) is 0 Å². The van der Waals surface area contributed by atoms with Crippen molar-refractivity contribution in [3.05, 3.63) is 8.02 Å². The standard InChI is InChI=1S/C10H13IN2S/c11-10-13-12-9(14-10)5-8-4-6-1-2-7(8)3-6/h6-8H,1-5H2. The van der Waals surface area contributed by atoms with Crippen LogP contribution in [0.2, 0.25) is 0 Å². The molecule has 1 aromatic rings. The van der Waals surface area contributed by atoms with Crippen LogP contribution in [-0.4, -0.2) is 10.2 Å². The Balaban J connectivity index is 1.68. The average molecular weight is 320 g/mol. The molecule has 0 amide bonds. The highest BCUT2D eigenvalue weighted by Gasteiger charge is 2.39. The van der Waals surface area contributed by atoms with Crippen LogP contribution in [0.25, 0.3) is 0 Å². The maximum Gasteiger partial charge on any atom is 0.178 e. The van der Waals surface area contributed by atoms with Gasteiger partial charge >= 0.3 is 0 Å². The number of halogens is 1. The van der Waals surface area contributed by atoms with Gasteiger partial charge in [-0.05, 0) is 59.6 Å². The van der Waals surface area contributed by atoms with Gasteiger partial charge in [-0.1, -0.05) is 17.8 Å². The van der Waals surface area contributed by atoms with Crippen LogP contribution in [0.4, 0.5) is 0 Å². The van der Waals surface area contributed by atoms with Crippen molar-refractivity contribution in [2.45, 2.75) is 32.1 Å². The molecule has 0 N–H and O–H groups in total. The lowest BCUT2D eigenvalue weighted by atomic mass is 9.87. The predicted octanol–water partition coefficient (Wildman–Crippen LogP) is 3.12. The highest BCUT2D eigenvalue weighted by atomic mass is 127. The van der Waals surface area contributed by atoms with Crippen LogP contribution in [-0.2, 0) is 6.42 Å². The summed E-state index contributed by atoms with van der Waals surface area (Å²) in [7, 11) is 0. The van der Waals surface area contributed by atoms with Gasteiger partial charge in [-0.25, -0.2) is 0 Å². The van der Waals surface area contributed by atoms with E-state index in [1.165, 1.54) is 37.1 Å². The first-order valence-corrected chi connectivity index (χ1v) is 7.18. The summed E-state index contributed by atoms with van der Waals surface area (Å²) in [6.45, 7) is 0. The monoisotopic (exact) mass is 320 g/mol. The summed E-state index contributed by atoms with van der Waals surface area (Å²) in [5.41, 5.74) is 0. The molecule has 3 unspecified atom stereocenters. The van der Waals surface area contributed by atoms with Crippen LogP contribution in [0.15, 0.2) is 0 Å². The van der Waals surface area contributed by atoms with Crippen LogP contribution in [0.1, 0.15) is 30.7 Å². The zero-order valence-corrected chi connectivity index (χ0v) is 10.9. The molecule has 2 aliphatic carbocycles. The molecule has 76 valence electrons. The highest BCUT2D eigenvalue weighted by molar-refractivity contribution is 14.1. The van der Waals surface area contributed by atoms with Gasteiger partial charge < -0.3 is 0 Å². The molecule has 0 spiro atoms. The van der Waals surface area contributed by atoms with E-state index >= 15 is 0 Å². The van der Waals surface area contributed by atoms with E-state index in [2.05, 4.69) is 32.8 Å². The van der Waals surface area contributed by atoms with E-state index < -0.39 is 0 Å². The van der Waals surface area contributed by atoms with Gasteiger partial charge in [0.2, 0.25) is 0 Å². The lowest BCUT2D eigenvalue weighted by Gasteiger charge is -2.19. The van der Waals surface area contributed by atoms with Gasteiger partial charge in [0.15, 0.2) is 3.01 Å². The number of fused-ring (bicyclic) bond motifs is 2. The lowest BCUT2D eigenvalue weighted by Crippen LogP contribution is -2.12. The number of nitrogens with zero attached hydrogens (tertiary/aromatic N) is 2. The fourth-order valence-corrected chi connectivity index (χ4v) is 4.69. The third kappa shape index (κ3) is 1.71. The minimum Gasteiger partial charge on any atom is -0.143 e. The van der Waals surface area contributed by atoms with E-state index in [1.54, 1.807) is 11.3 Å².